The molecule has 1 N–H and O–H groups in total. The van der Waals surface area contributed by atoms with Crippen LogP contribution in [0.4, 0.5) is 5.69 Å². The van der Waals surface area contributed by atoms with Crippen LogP contribution in [0.5, 0.6) is 0 Å². The summed E-state index contributed by atoms with van der Waals surface area (Å²) in [6, 6.07) is 9.06. The molecule has 1 aromatic carbocycles. The highest BCUT2D eigenvalue weighted by molar-refractivity contribution is 9.10. The number of rotatable bonds is 4. The minimum atomic E-state index is -0.313. The quantitative estimate of drug-likeness (QED) is 0.846. The van der Waals surface area contributed by atoms with Crippen LogP contribution in [0.2, 0.25) is 5.15 Å². The normalized spacial score (nSPS) is 10.3. The number of hydrogen-bond donors (Lipinski definition) is 1. The second-order valence-corrected chi connectivity index (χ2v) is 5.31. The van der Waals surface area contributed by atoms with Crippen molar-refractivity contribution < 1.29 is 9.53 Å². The smallest absolute Gasteiger partial charge is 0.258 e. The van der Waals surface area contributed by atoms with Crippen molar-refractivity contribution in [1.29, 1.82) is 0 Å². The summed E-state index contributed by atoms with van der Waals surface area (Å²) in [5.74, 6) is -0.313. The van der Waals surface area contributed by atoms with Crippen LogP contribution in [0.15, 0.2) is 41.0 Å². The van der Waals surface area contributed by atoms with Gasteiger partial charge in [0.15, 0.2) is 0 Å². The number of anilines is 1. The number of halogens is 2. The van der Waals surface area contributed by atoms with Gasteiger partial charge in [-0.15, -0.1) is 0 Å². The minimum Gasteiger partial charge on any atom is -0.380 e. The van der Waals surface area contributed by atoms with Gasteiger partial charge in [-0.25, -0.2) is 4.98 Å². The lowest BCUT2D eigenvalue weighted by Gasteiger charge is -2.11. The maximum Gasteiger partial charge on any atom is 0.258 e. The molecule has 20 heavy (non-hydrogen) atoms. The van der Waals surface area contributed by atoms with Crippen molar-refractivity contribution in [2.75, 3.05) is 12.4 Å². The number of methoxy groups -OCH3 is 1. The summed E-state index contributed by atoms with van der Waals surface area (Å²) in [6.07, 6.45) is 1.54. The largest absolute Gasteiger partial charge is 0.380 e. The molecule has 0 unspecified atom stereocenters. The van der Waals surface area contributed by atoms with Crippen LogP contribution in [-0.4, -0.2) is 18.0 Å². The molecule has 0 spiro atoms. The number of benzene rings is 1. The van der Waals surface area contributed by atoms with Gasteiger partial charge in [0.05, 0.1) is 12.2 Å². The fraction of sp³-hybridized carbons (Fsp3) is 0.143. The van der Waals surface area contributed by atoms with Gasteiger partial charge in [0.1, 0.15) is 5.15 Å². The predicted octanol–water partition coefficient (Wildman–Crippen LogP) is 3.90. The van der Waals surface area contributed by atoms with E-state index in [9.17, 15) is 4.79 Å². The molecule has 0 bridgehead atoms. The number of amides is 1. The number of nitrogens with one attached hydrogen (secondary N) is 1. The van der Waals surface area contributed by atoms with Crippen LogP contribution in [0.25, 0.3) is 0 Å². The summed E-state index contributed by atoms with van der Waals surface area (Å²) in [7, 11) is 1.60. The molecule has 1 heterocycles. The Balaban J connectivity index is 2.26. The first-order chi connectivity index (χ1) is 9.61. The lowest BCUT2D eigenvalue weighted by molar-refractivity contribution is 0.102. The Morgan fingerprint density at radius 2 is 2.20 bits per heavy atom. The van der Waals surface area contributed by atoms with Crippen LogP contribution in [0.1, 0.15) is 15.9 Å². The van der Waals surface area contributed by atoms with Gasteiger partial charge >= 0.3 is 0 Å². The van der Waals surface area contributed by atoms with E-state index in [-0.39, 0.29) is 11.1 Å². The Bertz CT molecular complexity index is 634. The highest BCUT2D eigenvalue weighted by Gasteiger charge is 2.13. The van der Waals surface area contributed by atoms with Crippen molar-refractivity contribution in [2.24, 2.45) is 0 Å². The van der Waals surface area contributed by atoms with Crippen LogP contribution < -0.4 is 5.32 Å². The first kappa shape index (κ1) is 15.0. The Hall–Kier alpha value is -1.43. The van der Waals surface area contributed by atoms with Gasteiger partial charge in [-0.3, -0.25) is 4.79 Å². The Morgan fingerprint density at radius 3 is 2.95 bits per heavy atom. The number of hydrogen-bond acceptors (Lipinski definition) is 3. The number of ether oxygens (including phenoxy) is 1. The van der Waals surface area contributed by atoms with Gasteiger partial charge in [0, 0.05) is 29.0 Å². The van der Waals surface area contributed by atoms with E-state index >= 15 is 0 Å². The Morgan fingerprint density at radius 1 is 1.45 bits per heavy atom. The van der Waals surface area contributed by atoms with E-state index in [4.69, 9.17) is 16.3 Å². The molecule has 104 valence electrons. The molecular formula is C14H12BrClN2O2. The van der Waals surface area contributed by atoms with E-state index in [1.165, 1.54) is 6.20 Å². The second-order valence-electron chi connectivity index (χ2n) is 4.04. The zero-order valence-corrected chi connectivity index (χ0v) is 13.0. The monoisotopic (exact) mass is 354 g/mol. The highest BCUT2D eigenvalue weighted by Crippen LogP contribution is 2.21. The minimum absolute atomic E-state index is 0.162. The van der Waals surface area contributed by atoms with Gasteiger partial charge in [-0.2, -0.15) is 0 Å². The lowest BCUT2D eigenvalue weighted by Crippen LogP contribution is -2.14. The second kappa shape index (κ2) is 6.83. The standard InChI is InChI=1S/C14H12BrClN2O2/c1-20-8-9-4-2-3-5-12(9)18-14(19)11-6-10(15)7-17-13(11)16/h2-7H,8H2,1H3,(H,18,19). The van der Waals surface area contributed by atoms with E-state index in [1.807, 2.05) is 24.3 Å². The molecule has 0 atom stereocenters. The molecule has 1 amide bonds. The van der Waals surface area contributed by atoms with E-state index in [0.29, 0.717) is 22.3 Å². The van der Waals surface area contributed by atoms with Crippen LogP contribution in [0, 0.1) is 0 Å². The van der Waals surface area contributed by atoms with E-state index in [1.54, 1.807) is 13.2 Å². The third-order valence-corrected chi connectivity index (χ3v) is 3.35. The predicted molar refractivity (Wildman–Crippen MR) is 82.1 cm³/mol. The fourth-order valence-corrected chi connectivity index (χ4v) is 2.22. The Kier molecular flexibility index (Phi) is 5.11. The molecule has 0 radical (unpaired) electrons. The molecule has 0 aliphatic carbocycles. The average Bonchev–Trinajstić information content (AvgIpc) is 2.44. The van der Waals surface area contributed by atoms with Gasteiger partial charge < -0.3 is 10.1 Å². The molecule has 6 heteroatoms. The molecule has 1 aromatic heterocycles. The van der Waals surface area contributed by atoms with Crippen LogP contribution in [-0.2, 0) is 11.3 Å². The zero-order chi connectivity index (χ0) is 14.5. The van der Waals surface area contributed by atoms with Gasteiger partial charge in [-0.1, -0.05) is 29.8 Å². The first-order valence-electron chi connectivity index (χ1n) is 5.81. The fourth-order valence-electron chi connectivity index (χ4n) is 1.70. The van der Waals surface area contributed by atoms with Crippen molar-refractivity contribution in [3.63, 3.8) is 0 Å². The highest BCUT2D eigenvalue weighted by atomic mass is 79.9. The van der Waals surface area contributed by atoms with Crippen molar-refractivity contribution in [2.45, 2.75) is 6.61 Å². The number of para-hydroxylation sites is 1. The van der Waals surface area contributed by atoms with E-state index in [2.05, 4.69) is 26.2 Å². The summed E-state index contributed by atoms with van der Waals surface area (Å²) in [6.45, 7) is 0.418. The summed E-state index contributed by atoms with van der Waals surface area (Å²) in [5, 5.41) is 2.98. The zero-order valence-electron chi connectivity index (χ0n) is 10.7. The number of nitrogens with zero attached hydrogens (tertiary/aromatic N) is 1. The number of aromatic nitrogens is 1. The number of carbonyl (C=O) groups excluding carboxylic acids is 1. The van der Waals surface area contributed by atoms with Crippen LogP contribution >= 0.6 is 27.5 Å². The van der Waals surface area contributed by atoms with Crippen molar-refractivity contribution in [1.82, 2.24) is 4.98 Å². The molecule has 0 aliphatic heterocycles. The molecule has 2 rings (SSSR count). The summed E-state index contributed by atoms with van der Waals surface area (Å²) >= 11 is 9.21. The Labute approximate surface area is 130 Å². The molecule has 4 nitrogen and oxygen atoms in total. The number of pyridine rings is 1. The first-order valence-corrected chi connectivity index (χ1v) is 6.98. The molecule has 0 fully saturated rings. The van der Waals surface area contributed by atoms with Gasteiger partial charge in [-0.05, 0) is 28.1 Å². The maximum atomic E-state index is 12.2. The average molecular weight is 356 g/mol. The number of carbonyl (C=O) groups is 1. The van der Waals surface area contributed by atoms with Crippen molar-refractivity contribution in [3.05, 3.63) is 57.3 Å². The summed E-state index contributed by atoms with van der Waals surface area (Å²) in [4.78, 5) is 16.2. The molecule has 0 aliphatic rings. The third-order valence-electron chi connectivity index (χ3n) is 2.62. The van der Waals surface area contributed by atoms with Gasteiger partial charge in [0.2, 0.25) is 0 Å². The summed E-state index contributed by atoms with van der Waals surface area (Å²) < 4.78 is 5.79. The molecule has 2 aromatic rings. The van der Waals surface area contributed by atoms with E-state index < -0.39 is 0 Å². The van der Waals surface area contributed by atoms with Crippen LogP contribution in [0.3, 0.4) is 0 Å². The molecular weight excluding hydrogens is 344 g/mol. The summed E-state index contributed by atoms with van der Waals surface area (Å²) in [5.41, 5.74) is 1.89. The lowest BCUT2D eigenvalue weighted by atomic mass is 10.1. The molecule has 0 saturated carbocycles. The molecule has 0 saturated heterocycles. The van der Waals surface area contributed by atoms with Gasteiger partial charge in [0.25, 0.3) is 5.91 Å². The van der Waals surface area contributed by atoms with E-state index in [0.717, 1.165) is 5.56 Å². The van der Waals surface area contributed by atoms with Crippen molar-refractivity contribution in [3.8, 4) is 0 Å². The van der Waals surface area contributed by atoms with Crippen molar-refractivity contribution >= 4 is 39.1 Å². The SMILES string of the molecule is COCc1ccccc1NC(=O)c1cc(Br)cnc1Cl. The third kappa shape index (κ3) is 3.56. The topological polar surface area (TPSA) is 51.2 Å². The maximum absolute atomic E-state index is 12.2.